The smallest absolute Gasteiger partial charge is 0.129 e. The summed E-state index contributed by atoms with van der Waals surface area (Å²) in [5, 5.41) is 8.75. The van der Waals surface area contributed by atoms with Crippen LogP contribution in [-0.4, -0.2) is 11.4 Å². The molecule has 0 aromatic heterocycles. The summed E-state index contributed by atoms with van der Waals surface area (Å²) >= 11 is 0. The van der Waals surface area contributed by atoms with E-state index in [1.165, 1.54) is 11.6 Å². The van der Waals surface area contributed by atoms with Gasteiger partial charge in [-0.2, -0.15) is 5.26 Å². The van der Waals surface area contributed by atoms with Crippen molar-refractivity contribution in [2.45, 2.75) is 20.0 Å². The van der Waals surface area contributed by atoms with Crippen molar-refractivity contribution in [2.24, 2.45) is 0 Å². The first-order chi connectivity index (χ1) is 9.72. The second-order valence-corrected chi connectivity index (χ2v) is 4.71. The number of benzene rings is 2. The highest BCUT2D eigenvalue weighted by Gasteiger charge is 2.09. The normalized spacial score (nSPS) is 10.5. The molecule has 0 atom stereocenters. The monoisotopic (exact) mass is 268 g/mol. The number of rotatable bonds is 5. The van der Waals surface area contributed by atoms with Gasteiger partial charge in [0.05, 0.1) is 11.6 Å². The molecule has 0 saturated carbocycles. The van der Waals surface area contributed by atoms with Gasteiger partial charge in [-0.25, -0.2) is 4.39 Å². The Morgan fingerprint density at radius 1 is 1.10 bits per heavy atom. The molecule has 0 aliphatic heterocycles. The Kier molecular flexibility index (Phi) is 4.86. The Morgan fingerprint density at radius 3 is 2.45 bits per heavy atom. The molecule has 3 heteroatoms. The van der Waals surface area contributed by atoms with Crippen molar-refractivity contribution < 1.29 is 4.39 Å². The summed E-state index contributed by atoms with van der Waals surface area (Å²) < 4.78 is 13.9. The quantitative estimate of drug-likeness (QED) is 0.826. The van der Waals surface area contributed by atoms with Crippen LogP contribution < -0.4 is 0 Å². The Labute approximate surface area is 119 Å². The van der Waals surface area contributed by atoms with Crippen LogP contribution in [0.15, 0.2) is 48.5 Å². The van der Waals surface area contributed by atoms with E-state index < -0.39 is 0 Å². The third kappa shape index (κ3) is 3.66. The predicted octanol–water partition coefficient (Wildman–Crippen LogP) is 3.72. The zero-order chi connectivity index (χ0) is 14.4. The van der Waals surface area contributed by atoms with Crippen LogP contribution in [-0.2, 0) is 13.1 Å². The average molecular weight is 268 g/mol. The van der Waals surface area contributed by atoms with Crippen LogP contribution in [0.1, 0.15) is 23.6 Å². The first kappa shape index (κ1) is 14.2. The molecular formula is C17H17FN2. The van der Waals surface area contributed by atoms with Crippen molar-refractivity contribution in [3.05, 3.63) is 71.0 Å². The highest BCUT2D eigenvalue weighted by molar-refractivity contribution is 5.32. The molecule has 102 valence electrons. The molecule has 0 heterocycles. The summed E-state index contributed by atoms with van der Waals surface area (Å²) in [6, 6.07) is 16.7. The number of halogens is 1. The summed E-state index contributed by atoms with van der Waals surface area (Å²) in [6.07, 6.45) is 0. The fourth-order valence-corrected chi connectivity index (χ4v) is 2.11. The lowest BCUT2D eigenvalue weighted by molar-refractivity contribution is 0.267. The number of nitrogens with zero attached hydrogens (tertiary/aromatic N) is 2. The predicted molar refractivity (Wildman–Crippen MR) is 77.3 cm³/mol. The summed E-state index contributed by atoms with van der Waals surface area (Å²) in [4.78, 5) is 2.17. The molecule has 2 aromatic carbocycles. The zero-order valence-electron chi connectivity index (χ0n) is 11.5. The van der Waals surface area contributed by atoms with E-state index in [0.717, 1.165) is 13.1 Å². The molecule has 0 saturated heterocycles. The maximum Gasteiger partial charge on any atom is 0.129 e. The number of nitriles is 1. The standard InChI is InChI=1S/C17H17FN2/c1-2-20(12-14-6-4-3-5-7-14)13-16-9-8-15(11-19)10-17(16)18/h3-10H,2,12-13H2,1H3. The molecule has 2 aromatic rings. The van der Waals surface area contributed by atoms with Crippen molar-refractivity contribution in [3.8, 4) is 6.07 Å². The highest BCUT2D eigenvalue weighted by atomic mass is 19.1. The first-order valence-electron chi connectivity index (χ1n) is 6.67. The molecule has 0 amide bonds. The SMILES string of the molecule is CCN(Cc1ccccc1)Cc1ccc(C#N)cc1F. The zero-order valence-corrected chi connectivity index (χ0v) is 11.5. The Balaban J connectivity index is 2.09. The molecule has 20 heavy (non-hydrogen) atoms. The number of hydrogen-bond donors (Lipinski definition) is 0. The molecule has 2 rings (SSSR count). The summed E-state index contributed by atoms with van der Waals surface area (Å²) in [5.74, 6) is -0.310. The third-order valence-corrected chi connectivity index (χ3v) is 3.27. The minimum Gasteiger partial charge on any atom is -0.295 e. The summed E-state index contributed by atoms with van der Waals surface area (Å²) in [6.45, 7) is 4.23. The van der Waals surface area contributed by atoms with Gasteiger partial charge in [0.15, 0.2) is 0 Å². The van der Waals surface area contributed by atoms with Gasteiger partial charge in [-0.15, -0.1) is 0 Å². The fraction of sp³-hybridized carbons (Fsp3) is 0.235. The summed E-state index contributed by atoms with van der Waals surface area (Å²) in [7, 11) is 0. The highest BCUT2D eigenvalue weighted by Crippen LogP contribution is 2.14. The third-order valence-electron chi connectivity index (χ3n) is 3.27. The molecule has 0 aliphatic carbocycles. The van der Waals surface area contributed by atoms with Gasteiger partial charge in [0.2, 0.25) is 0 Å². The van der Waals surface area contributed by atoms with Gasteiger partial charge in [-0.3, -0.25) is 4.90 Å². The second kappa shape index (κ2) is 6.83. The fourth-order valence-electron chi connectivity index (χ4n) is 2.11. The van der Waals surface area contributed by atoms with Gasteiger partial charge < -0.3 is 0 Å². The van der Waals surface area contributed by atoms with E-state index in [1.54, 1.807) is 12.1 Å². The van der Waals surface area contributed by atoms with Gasteiger partial charge in [0.25, 0.3) is 0 Å². The van der Waals surface area contributed by atoms with E-state index in [1.807, 2.05) is 24.3 Å². The molecule has 2 nitrogen and oxygen atoms in total. The van der Waals surface area contributed by atoms with E-state index in [-0.39, 0.29) is 5.82 Å². The van der Waals surface area contributed by atoms with Crippen molar-refractivity contribution in [3.63, 3.8) is 0 Å². The molecule has 0 spiro atoms. The maximum absolute atomic E-state index is 13.9. The van der Waals surface area contributed by atoms with Gasteiger partial charge >= 0.3 is 0 Å². The minimum absolute atomic E-state index is 0.310. The molecule has 0 fully saturated rings. The van der Waals surface area contributed by atoms with Gasteiger partial charge in [0.1, 0.15) is 5.82 Å². The lowest BCUT2D eigenvalue weighted by atomic mass is 10.1. The lowest BCUT2D eigenvalue weighted by Gasteiger charge is -2.21. The van der Waals surface area contributed by atoms with Crippen molar-refractivity contribution in [1.29, 1.82) is 5.26 Å². The van der Waals surface area contributed by atoms with Gasteiger partial charge in [-0.1, -0.05) is 43.3 Å². The Bertz CT molecular complexity index is 602. The van der Waals surface area contributed by atoms with Crippen molar-refractivity contribution in [1.82, 2.24) is 4.90 Å². The van der Waals surface area contributed by atoms with Crippen LogP contribution in [0.2, 0.25) is 0 Å². The lowest BCUT2D eigenvalue weighted by Crippen LogP contribution is -2.22. The van der Waals surface area contributed by atoms with E-state index in [0.29, 0.717) is 17.7 Å². The van der Waals surface area contributed by atoms with Crippen LogP contribution in [0, 0.1) is 17.1 Å². The molecule has 0 unspecified atom stereocenters. The van der Waals surface area contributed by atoms with Crippen LogP contribution in [0.5, 0.6) is 0 Å². The minimum atomic E-state index is -0.310. The van der Waals surface area contributed by atoms with Crippen LogP contribution in [0.3, 0.4) is 0 Å². The van der Waals surface area contributed by atoms with Gasteiger partial charge in [-0.05, 0) is 24.2 Å². The van der Waals surface area contributed by atoms with E-state index in [2.05, 4.69) is 24.0 Å². The summed E-state index contributed by atoms with van der Waals surface area (Å²) in [5.41, 5.74) is 2.20. The molecular weight excluding hydrogens is 251 g/mol. The van der Waals surface area contributed by atoms with Crippen LogP contribution >= 0.6 is 0 Å². The van der Waals surface area contributed by atoms with Gasteiger partial charge in [0, 0.05) is 18.7 Å². The Morgan fingerprint density at radius 2 is 1.85 bits per heavy atom. The molecule has 0 radical (unpaired) electrons. The van der Waals surface area contributed by atoms with E-state index in [4.69, 9.17) is 5.26 Å². The van der Waals surface area contributed by atoms with Crippen LogP contribution in [0.25, 0.3) is 0 Å². The molecule has 0 bridgehead atoms. The largest absolute Gasteiger partial charge is 0.295 e. The van der Waals surface area contributed by atoms with E-state index >= 15 is 0 Å². The first-order valence-corrected chi connectivity index (χ1v) is 6.67. The average Bonchev–Trinajstić information content (AvgIpc) is 2.49. The van der Waals surface area contributed by atoms with Crippen molar-refractivity contribution in [2.75, 3.05) is 6.54 Å². The Hall–Kier alpha value is -2.18. The number of hydrogen-bond acceptors (Lipinski definition) is 2. The second-order valence-electron chi connectivity index (χ2n) is 4.71. The molecule has 0 aliphatic rings. The van der Waals surface area contributed by atoms with Crippen LogP contribution in [0.4, 0.5) is 4.39 Å². The maximum atomic E-state index is 13.9. The topological polar surface area (TPSA) is 27.0 Å². The van der Waals surface area contributed by atoms with Crippen molar-refractivity contribution >= 4 is 0 Å². The van der Waals surface area contributed by atoms with E-state index in [9.17, 15) is 4.39 Å². The molecule has 0 N–H and O–H groups in total.